The van der Waals surface area contributed by atoms with E-state index < -0.39 is 11.4 Å². The second-order valence-corrected chi connectivity index (χ2v) is 4.79. The maximum atomic E-state index is 11.0. The van der Waals surface area contributed by atoms with E-state index in [0.717, 1.165) is 3.57 Å². The molecular weight excluding hydrogens is 295 g/mol. The van der Waals surface area contributed by atoms with E-state index in [1.54, 1.807) is 12.1 Å². The average molecular weight is 304 g/mol. The topological polar surface area (TPSA) is 57.5 Å². The number of carbonyl (C=O) groups is 1. The molecule has 2 rings (SSSR count). The van der Waals surface area contributed by atoms with Gasteiger partial charge in [0, 0.05) is 9.13 Å². The fourth-order valence-electron chi connectivity index (χ4n) is 1.63. The predicted molar refractivity (Wildman–Crippen MR) is 59.4 cm³/mol. The number of phenolic OH excluding ortho intramolecular Hbond substituents is 1. The summed E-state index contributed by atoms with van der Waals surface area (Å²) >= 11 is 2.08. The Labute approximate surface area is 94.9 Å². The van der Waals surface area contributed by atoms with Gasteiger partial charge in [0.2, 0.25) is 0 Å². The molecule has 0 aliphatic heterocycles. The first-order chi connectivity index (χ1) is 6.56. The van der Waals surface area contributed by atoms with E-state index >= 15 is 0 Å². The molecular formula is C10H9IO3. The number of aliphatic carboxylic acids is 1. The molecule has 0 spiro atoms. The molecule has 1 fully saturated rings. The molecule has 74 valence electrons. The summed E-state index contributed by atoms with van der Waals surface area (Å²) < 4.78 is 0.907. The Bertz CT molecular complexity index is 396. The highest BCUT2D eigenvalue weighted by Crippen LogP contribution is 2.51. The molecule has 14 heavy (non-hydrogen) atoms. The number of carboxylic acid groups (broad SMARTS) is 1. The molecule has 0 saturated heterocycles. The summed E-state index contributed by atoms with van der Waals surface area (Å²) in [6.45, 7) is 0. The van der Waals surface area contributed by atoms with Crippen LogP contribution in [0.3, 0.4) is 0 Å². The summed E-state index contributed by atoms with van der Waals surface area (Å²) in [7, 11) is 0. The van der Waals surface area contributed by atoms with Crippen LogP contribution < -0.4 is 0 Å². The van der Waals surface area contributed by atoms with Crippen LogP contribution in [-0.4, -0.2) is 16.2 Å². The van der Waals surface area contributed by atoms with Gasteiger partial charge in [-0.2, -0.15) is 0 Å². The number of halogens is 1. The Hall–Kier alpha value is -0.780. The number of benzene rings is 1. The van der Waals surface area contributed by atoms with Crippen molar-refractivity contribution in [3.63, 3.8) is 0 Å². The van der Waals surface area contributed by atoms with E-state index in [-0.39, 0.29) is 5.75 Å². The zero-order valence-corrected chi connectivity index (χ0v) is 9.48. The molecule has 1 saturated carbocycles. The minimum atomic E-state index is -0.839. The van der Waals surface area contributed by atoms with Crippen LogP contribution in [0.2, 0.25) is 0 Å². The van der Waals surface area contributed by atoms with Crippen LogP contribution >= 0.6 is 22.6 Å². The lowest BCUT2D eigenvalue weighted by Crippen LogP contribution is -2.19. The third-order valence-electron chi connectivity index (χ3n) is 2.63. The summed E-state index contributed by atoms with van der Waals surface area (Å²) in [5, 5.41) is 18.7. The molecule has 0 unspecified atom stereocenters. The smallest absolute Gasteiger partial charge is 0.314 e. The average Bonchev–Trinajstić information content (AvgIpc) is 2.84. The first-order valence-electron chi connectivity index (χ1n) is 4.29. The van der Waals surface area contributed by atoms with Crippen molar-refractivity contribution in [2.24, 2.45) is 0 Å². The molecule has 0 heterocycles. The Morgan fingerprint density at radius 2 is 2.07 bits per heavy atom. The molecule has 0 radical (unpaired) electrons. The molecule has 4 heteroatoms. The fourth-order valence-corrected chi connectivity index (χ4v) is 2.11. The largest absolute Gasteiger partial charge is 0.508 e. The number of rotatable bonds is 2. The number of carboxylic acids is 1. The highest BCUT2D eigenvalue weighted by Gasteiger charge is 2.53. The van der Waals surface area contributed by atoms with Gasteiger partial charge in [0.05, 0.1) is 5.41 Å². The zero-order chi connectivity index (χ0) is 10.3. The molecule has 1 aliphatic carbocycles. The monoisotopic (exact) mass is 304 g/mol. The third-order valence-corrected chi connectivity index (χ3v) is 3.31. The maximum absolute atomic E-state index is 11.0. The summed E-state index contributed by atoms with van der Waals surface area (Å²) in [5.41, 5.74) is -0.264. The van der Waals surface area contributed by atoms with Crippen LogP contribution in [0, 0.1) is 3.57 Å². The van der Waals surface area contributed by atoms with Crippen LogP contribution in [0.5, 0.6) is 5.75 Å². The highest BCUT2D eigenvalue weighted by atomic mass is 127. The van der Waals surface area contributed by atoms with Crippen molar-refractivity contribution in [3.05, 3.63) is 27.3 Å². The second-order valence-electron chi connectivity index (χ2n) is 3.55. The minimum absolute atomic E-state index is 0.0943. The van der Waals surface area contributed by atoms with Gasteiger partial charge in [-0.1, -0.05) is 6.07 Å². The Kier molecular flexibility index (Phi) is 2.17. The SMILES string of the molecule is O=C(O)C1(c2ccc(I)cc2O)CC1. The maximum Gasteiger partial charge on any atom is 0.314 e. The molecule has 2 N–H and O–H groups in total. The fraction of sp³-hybridized carbons (Fsp3) is 0.300. The van der Waals surface area contributed by atoms with Crippen LogP contribution in [-0.2, 0) is 10.2 Å². The van der Waals surface area contributed by atoms with E-state index in [9.17, 15) is 9.90 Å². The van der Waals surface area contributed by atoms with Crippen molar-refractivity contribution in [2.75, 3.05) is 0 Å². The van der Waals surface area contributed by atoms with Gasteiger partial charge in [0.1, 0.15) is 5.75 Å². The molecule has 3 nitrogen and oxygen atoms in total. The van der Waals surface area contributed by atoms with Gasteiger partial charge in [0.15, 0.2) is 0 Å². The van der Waals surface area contributed by atoms with E-state index in [2.05, 4.69) is 22.6 Å². The molecule has 0 amide bonds. The van der Waals surface area contributed by atoms with Gasteiger partial charge in [-0.3, -0.25) is 4.79 Å². The zero-order valence-electron chi connectivity index (χ0n) is 7.33. The molecule has 1 aromatic carbocycles. The quantitative estimate of drug-likeness (QED) is 0.823. The third kappa shape index (κ3) is 1.37. The summed E-state index contributed by atoms with van der Waals surface area (Å²) in [4.78, 5) is 11.0. The van der Waals surface area contributed by atoms with Crippen molar-refractivity contribution in [1.82, 2.24) is 0 Å². The van der Waals surface area contributed by atoms with Crippen LogP contribution in [0.25, 0.3) is 0 Å². The van der Waals surface area contributed by atoms with Gasteiger partial charge in [-0.15, -0.1) is 0 Å². The summed E-state index contributed by atoms with van der Waals surface area (Å²) in [6, 6.07) is 5.12. The number of phenols is 1. The highest BCUT2D eigenvalue weighted by molar-refractivity contribution is 14.1. The number of hydrogen-bond donors (Lipinski definition) is 2. The number of aromatic hydroxyl groups is 1. The van der Waals surface area contributed by atoms with Gasteiger partial charge >= 0.3 is 5.97 Å². The lowest BCUT2D eigenvalue weighted by Gasteiger charge is -2.11. The van der Waals surface area contributed by atoms with Gasteiger partial charge in [-0.25, -0.2) is 0 Å². The lowest BCUT2D eigenvalue weighted by molar-refractivity contribution is -0.140. The van der Waals surface area contributed by atoms with Gasteiger partial charge in [-0.05, 0) is 47.6 Å². The van der Waals surface area contributed by atoms with E-state index in [4.69, 9.17) is 5.11 Å². The van der Waals surface area contributed by atoms with Crippen molar-refractivity contribution < 1.29 is 15.0 Å². The summed E-state index contributed by atoms with van der Waals surface area (Å²) in [6.07, 6.45) is 1.24. The minimum Gasteiger partial charge on any atom is -0.508 e. The van der Waals surface area contributed by atoms with E-state index in [1.807, 2.05) is 6.07 Å². The molecule has 1 aromatic rings. The van der Waals surface area contributed by atoms with E-state index in [1.165, 1.54) is 0 Å². The second kappa shape index (κ2) is 3.12. The van der Waals surface area contributed by atoms with E-state index in [0.29, 0.717) is 18.4 Å². The van der Waals surface area contributed by atoms with Gasteiger partial charge in [0.25, 0.3) is 0 Å². The van der Waals surface area contributed by atoms with Crippen LogP contribution in [0.1, 0.15) is 18.4 Å². The van der Waals surface area contributed by atoms with Crippen molar-refractivity contribution in [3.8, 4) is 5.75 Å². The first-order valence-corrected chi connectivity index (χ1v) is 5.36. The standard InChI is InChI=1S/C10H9IO3/c11-6-1-2-7(8(12)5-6)10(3-4-10)9(13)14/h1-2,5,12H,3-4H2,(H,13,14). The molecule has 0 bridgehead atoms. The molecule has 0 atom stereocenters. The van der Waals surface area contributed by atoms with Gasteiger partial charge < -0.3 is 10.2 Å². The first kappa shape index (κ1) is 9.76. The normalized spacial score (nSPS) is 17.8. The van der Waals surface area contributed by atoms with Crippen molar-refractivity contribution in [2.45, 2.75) is 18.3 Å². The Morgan fingerprint density at radius 1 is 1.43 bits per heavy atom. The van der Waals surface area contributed by atoms with Crippen molar-refractivity contribution in [1.29, 1.82) is 0 Å². The Balaban J connectivity index is 2.47. The molecule has 0 aromatic heterocycles. The summed E-state index contributed by atoms with van der Waals surface area (Å²) in [5.74, 6) is -0.745. The van der Waals surface area contributed by atoms with Crippen LogP contribution in [0.4, 0.5) is 0 Å². The predicted octanol–water partition coefficient (Wildman–Crippen LogP) is 2.11. The Morgan fingerprint density at radius 3 is 2.50 bits per heavy atom. The molecule has 1 aliphatic rings. The van der Waals surface area contributed by atoms with Crippen molar-refractivity contribution >= 4 is 28.6 Å². The van der Waals surface area contributed by atoms with Crippen LogP contribution in [0.15, 0.2) is 18.2 Å². The lowest BCUT2D eigenvalue weighted by atomic mass is 9.95. The number of hydrogen-bond acceptors (Lipinski definition) is 2.